The number of thiazole rings is 1. The normalized spacial score (nSPS) is 10.8. The van der Waals surface area contributed by atoms with Crippen LogP contribution in [-0.2, 0) is 16.0 Å². The van der Waals surface area contributed by atoms with E-state index in [1.165, 1.54) is 11.3 Å². The summed E-state index contributed by atoms with van der Waals surface area (Å²) >= 11 is 4.71. The van der Waals surface area contributed by atoms with Gasteiger partial charge in [0.1, 0.15) is 0 Å². The minimum absolute atomic E-state index is 0.0647. The highest BCUT2D eigenvalue weighted by Gasteiger charge is 2.17. The zero-order valence-electron chi connectivity index (χ0n) is 16.5. The van der Waals surface area contributed by atoms with E-state index in [0.717, 1.165) is 4.47 Å². The van der Waals surface area contributed by atoms with Crippen molar-refractivity contribution in [3.8, 4) is 11.4 Å². The summed E-state index contributed by atoms with van der Waals surface area (Å²) in [7, 11) is 0. The number of nitrogens with one attached hydrogen (secondary N) is 1. The fourth-order valence-corrected chi connectivity index (χ4v) is 4.07. The number of aromatic nitrogens is 3. The number of hydrogen-bond donors (Lipinski definition) is 1. The molecule has 4 rings (SSSR count). The summed E-state index contributed by atoms with van der Waals surface area (Å²) in [6.07, 6.45) is 1.75. The van der Waals surface area contributed by atoms with Crippen molar-refractivity contribution in [2.24, 2.45) is 0 Å². The number of anilines is 1. The van der Waals surface area contributed by atoms with Crippen LogP contribution < -0.4 is 5.32 Å². The fraction of sp³-hybridized carbons (Fsp3) is 0.136. The molecule has 9 heteroatoms. The molecule has 0 fully saturated rings. The molecule has 4 aromatic rings. The van der Waals surface area contributed by atoms with Crippen LogP contribution in [0.5, 0.6) is 0 Å². The molecule has 0 radical (unpaired) electrons. The highest BCUT2D eigenvalue weighted by Crippen LogP contribution is 2.27. The smallest absolute Gasteiger partial charge is 0.311 e. The van der Waals surface area contributed by atoms with E-state index < -0.39 is 0 Å². The predicted octanol–water partition coefficient (Wildman–Crippen LogP) is 4.87. The molecule has 0 atom stereocenters. The van der Waals surface area contributed by atoms with Gasteiger partial charge in [0, 0.05) is 21.4 Å². The van der Waals surface area contributed by atoms with Crippen molar-refractivity contribution in [2.45, 2.75) is 13.3 Å². The molecular formula is C22H17BrN4O3S. The Morgan fingerprint density at radius 1 is 1.13 bits per heavy atom. The quantitative estimate of drug-likeness (QED) is 0.382. The van der Waals surface area contributed by atoms with Crippen molar-refractivity contribution in [1.82, 2.24) is 15.0 Å². The van der Waals surface area contributed by atoms with Crippen molar-refractivity contribution in [3.05, 3.63) is 69.8 Å². The minimum Gasteiger partial charge on any atom is -0.466 e. The van der Waals surface area contributed by atoms with Gasteiger partial charge in [0.05, 0.1) is 41.2 Å². The zero-order valence-corrected chi connectivity index (χ0v) is 18.9. The average molecular weight is 497 g/mol. The van der Waals surface area contributed by atoms with Gasteiger partial charge < -0.3 is 4.74 Å². The molecule has 0 unspecified atom stereocenters. The third kappa shape index (κ3) is 4.95. The third-order valence-corrected chi connectivity index (χ3v) is 5.65. The molecule has 1 amide bonds. The summed E-state index contributed by atoms with van der Waals surface area (Å²) < 4.78 is 5.78. The lowest BCUT2D eigenvalue weighted by molar-refractivity contribution is -0.142. The van der Waals surface area contributed by atoms with Crippen LogP contribution in [0.1, 0.15) is 23.0 Å². The summed E-state index contributed by atoms with van der Waals surface area (Å²) in [5, 5.41) is 5.67. The number of amides is 1. The van der Waals surface area contributed by atoms with Crippen molar-refractivity contribution in [3.63, 3.8) is 0 Å². The van der Waals surface area contributed by atoms with Gasteiger partial charge in [-0.1, -0.05) is 22.0 Å². The average Bonchev–Trinajstić information content (AvgIpc) is 3.20. The first-order chi connectivity index (χ1) is 15.0. The molecule has 0 saturated heterocycles. The SMILES string of the molecule is CCOC(=O)Cc1csc(NC(=O)c2cc(-c3ccccn3)nc3ccc(Br)cc23)n1. The second-order valence-electron chi connectivity index (χ2n) is 6.51. The highest BCUT2D eigenvalue weighted by atomic mass is 79.9. The fourth-order valence-electron chi connectivity index (χ4n) is 3.00. The molecule has 0 aliphatic heterocycles. The lowest BCUT2D eigenvalue weighted by atomic mass is 10.1. The summed E-state index contributed by atoms with van der Waals surface area (Å²) in [5.74, 6) is -0.671. The van der Waals surface area contributed by atoms with E-state index in [1.807, 2.05) is 36.4 Å². The predicted molar refractivity (Wildman–Crippen MR) is 123 cm³/mol. The monoisotopic (exact) mass is 496 g/mol. The van der Waals surface area contributed by atoms with Gasteiger partial charge >= 0.3 is 5.97 Å². The van der Waals surface area contributed by atoms with Crippen LogP contribution in [0.2, 0.25) is 0 Å². The van der Waals surface area contributed by atoms with E-state index in [0.29, 0.717) is 45.3 Å². The first-order valence-electron chi connectivity index (χ1n) is 9.46. The number of ether oxygens (including phenoxy) is 1. The Bertz CT molecular complexity index is 1260. The maximum atomic E-state index is 13.2. The molecule has 1 aromatic carbocycles. The standard InChI is InChI=1S/C22H17BrN4O3S/c1-2-30-20(28)10-14-12-31-22(25-14)27-21(29)16-11-19(18-5-3-4-8-24-18)26-17-7-6-13(23)9-15(16)17/h3-9,11-12H,2,10H2,1H3,(H,25,27,29). The first-order valence-corrected chi connectivity index (χ1v) is 11.1. The van der Waals surface area contributed by atoms with Crippen LogP contribution in [-0.4, -0.2) is 33.4 Å². The summed E-state index contributed by atoms with van der Waals surface area (Å²) in [6, 6.07) is 12.8. The molecule has 31 heavy (non-hydrogen) atoms. The Kier molecular flexibility index (Phi) is 6.34. The van der Waals surface area contributed by atoms with Gasteiger partial charge in [-0.25, -0.2) is 9.97 Å². The van der Waals surface area contributed by atoms with Crippen molar-refractivity contribution in [1.29, 1.82) is 0 Å². The van der Waals surface area contributed by atoms with Crippen LogP contribution in [0.25, 0.3) is 22.3 Å². The van der Waals surface area contributed by atoms with E-state index in [4.69, 9.17) is 4.74 Å². The number of pyridine rings is 2. The molecule has 1 N–H and O–H groups in total. The molecule has 156 valence electrons. The number of benzene rings is 1. The number of esters is 1. The molecule has 0 aliphatic carbocycles. The van der Waals surface area contributed by atoms with Crippen LogP contribution in [0.15, 0.2) is 58.5 Å². The molecule has 0 aliphatic rings. The van der Waals surface area contributed by atoms with Gasteiger partial charge in [-0.15, -0.1) is 11.3 Å². The van der Waals surface area contributed by atoms with Gasteiger partial charge in [0.25, 0.3) is 5.91 Å². The molecule has 3 heterocycles. The second kappa shape index (κ2) is 9.32. The topological polar surface area (TPSA) is 94.1 Å². The Morgan fingerprint density at radius 3 is 2.77 bits per heavy atom. The van der Waals surface area contributed by atoms with Crippen LogP contribution in [0, 0.1) is 0 Å². The van der Waals surface area contributed by atoms with Gasteiger partial charge in [-0.3, -0.25) is 19.9 Å². The van der Waals surface area contributed by atoms with Crippen LogP contribution in [0.4, 0.5) is 5.13 Å². The van der Waals surface area contributed by atoms with Crippen molar-refractivity contribution >= 4 is 55.2 Å². The molecular weight excluding hydrogens is 480 g/mol. The second-order valence-corrected chi connectivity index (χ2v) is 8.29. The van der Waals surface area contributed by atoms with Gasteiger partial charge in [0.2, 0.25) is 0 Å². The van der Waals surface area contributed by atoms with E-state index in [2.05, 4.69) is 36.2 Å². The van der Waals surface area contributed by atoms with Crippen molar-refractivity contribution in [2.75, 3.05) is 11.9 Å². The third-order valence-electron chi connectivity index (χ3n) is 4.35. The molecule has 7 nitrogen and oxygen atoms in total. The first kappa shape index (κ1) is 21.1. The zero-order chi connectivity index (χ0) is 21.8. The number of carbonyl (C=O) groups excluding carboxylic acids is 2. The Hall–Kier alpha value is -3.17. The lowest BCUT2D eigenvalue weighted by Gasteiger charge is -2.10. The number of carbonyl (C=O) groups is 2. The van der Waals surface area contributed by atoms with Gasteiger partial charge in [-0.05, 0) is 43.3 Å². The number of fused-ring (bicyclic) bond motifs is 1. The van der Waals surface area contributed by atoms with E-state index >= 15 is 0 Å². The van der Waals surface area contributed by atoms with Gasteiger partial charge in [-0.2, -0.15) is 0 Å². The van der Waals surface area contributed by atoms with Crippen LogP contribution >= 0.6 is 27.3 Å². The van der Waals surface area contributed by atoms with E-state index in [9.17, 15) is 9.59 Å². The maximum Gasteiger partial charge on any atom is 0.311 e. The molecule has 3 aromatic heterocycles. The summed E-state index contributed by atoms with van der Waals surface area (Å²) in [4.78, 5) is 38.1. The highest BCUT2D eigenvalue weighted by molar-refractivity contribution is 9.10. The maximum absolute atomic E-state index is 13.2. The Balaban J connectivity index is 1.66. The van der Waals surface area contributed by atoms with E-state index in [1.54, 1.807) is 24.6 Å². The number of hydrogen-bond acceptors (Lipinski definition) is 7. The lowest BCUT2D eigenvalue weighted by Crippen LogP contribution is -2.13. The largest absolute Gasteiger partial charge is 0.466 e. The number of rotatable bonds is 6. The van der Waals surface area contributed by atoms with Crippen molar-refractivity contribution < 1.29 is 14.3 Å². The molecule has 0 saturated carbocycles. The summed E-state index contributed by atoms with van der Waals surface area (Å²) in [5.41, 5.74) is 2.96. The Morgan fingerprint density at radius 2 is 2.00 bits per heavy atom. The molecule has 0 bridgehead atoms. The van der Waals surface area contributed by atoms with Crippen LogP contribution in [0.3, 0.4) is 0 Å². The number of halogens is 1. The summed E-state index contributed by atoms with van der Waals surface area (Å²) in [6.45, 7) is 2.07. The number of nitrogens with zero attached hydrogens (tertiary/aromatic N) is 3. The minimum atomic E-state index is -0.351. The molecule has 0 spiro atoms. The van der Waals surface area contributed by atoms with E-state index in [-0.39, 0.29) is 18.3 Å². The van der Waals surface area contributed by atoms with Gasteiger partial charge in [0.15, 0.2) is 5.13 Å². The Labute approximate surface area is 190 Å².